The van der Waals surface area contributed by atoms with Gasteiger partial charge in [0.1, 0.15) is 17.8 Å². The Morgan fingerprint density at radius 1 is 1.37 bits per heavy atom. The number of carbonyl (C=O) groups is 2. The first-order valence-corrected chi connectivity index (χ1v) is 4.75. The number of halogens is 1. The number of carboxylic acids is 2. The normalized spacial score (nSPS) is 9.32. The van der Waals surface area contributed by atoms with Crippen molar-refractivity contribution in [2.45, 2.75) is 6.42 Å². The van der Waals surface area contributed by atoms with Crippen molar-refractivity contribution in [3.63, 3.8) is 0 Å². The van der Waals surface area contributed by atoms with E-state index in [-0.39, 0.29) is 0 Å². The maximum atomic E-state index is 13.4. The first-order chi connectivity index (χ1) is 8.82. The van der Waals surface area contributed by atoms with E-state index >= 15 is 0 Å². The Balaban J connectivity index is 3.31. The lowest BCUT2D eigenvalue weighted by Crippen LogP contribution is -2.04. The Hall–Kier alpha value is -2.95. The van der Waals surface area contributed by atoms with Crippen molar-refractivity contribution in [1.29, 1.82) is 0 Å². The minimum atomic E-state index is -1.64. The summed E-state index contributed by atoms with van der Waals surface area (Å²) in [7, 11) is 0. The van der Waals surface area contributed by atoms with Gasteiger partial charge in [-0.1, -0.05) is 11.8 Å². The number of hydrogen-bond donors (Lipinski definition) is 2. The number of nitro groups is 1. The van der Waals surface area contributed by atoms with Crippen LogP contribution in [0.1, 0.15) is 22.3 Å². The Labute approximate surface area is 105 Å². The summed E-state index contributed by atoms with van der Waals surface area (Å²) < 4.78 is 13.4. The van der Waals surface area contributed by atoms with Gasteiger partial charge in [0.2, 0.25) is 0 Å². The van der Waals surface area contributed by atoms with Crippen molar-refractivity contribution in [2.75, 3.05) is 0 Å². The molecular formula is C11H6FNO6. The van der Waals surface area contributed by atoms with Crippen molar-refractivity contribution in [3.8, 4) is 11.8 Å². The summed E-state index contributed by atoms with van der Waals surface area (Å²) in [4.78, 5) is 30.6. The number of aliphatic carboxylic acids is 1. The second-order valence-corrected chi connectivity index (χ2v) is 3.28. The van der Waals surface area contributed by atoms with E-state index in [1.807, 2.05) is 0 Å². The molecule has 0 atom stereocenters. The van der Waals surface area contributed by atoms with Crippen molar-refractivity contribution >= 4 is 17.6 Å². The number of carboxylic acid groups (broad SMARTS) is 2. The molecule has 1 aromatic rings. The Bertz CT molecular complexity index is 628. The highest BCUT2D eigenvalue weighted by atomic mass is 19.1. The van der Waals surface area contributed by atoms with E-state index in [0.717, 1.165) is 0 Å². The molecule has 0 saturated heterocycles. The van der Waals surface area contributed by atoms with Crippen LogP contribution in [0.25, 0.3) is 0 Å². The molecule has 19 heavy (non-hydrogen) atoms. The summed E-state index contributed by atoms with van der Waals surface area (Å²) in [6.45, 7) is 0. The number of benzene rings is 1. The summed E-state index contributed by atoms with van der Waals surface area (Å²) in [5, 5.41) is 27.7. The molecule has 7 nitrogen and oxygen atoms in total. The van der Waals surface area contributed by atoms with E-state index in [2.05, 4.69) is 11.8 Å². The zero-order valence-corrected chi connectivity index (χ0v) is 9.21. The van der Waals surface area contributed by atoms with Gasteiger partial charge in [-0.2, -0.15) is 0 Å². The lowest BCUT2D eigenvalue weighted by atomic mass is 10.1. The lowest BCUT2D eigenvalue weighted by molar-refractivity contribution is -0.385. The van der Waals surface area contributed by atoms with Gasteiger partial charge >= 0.3 is 11.9 Å². The minimum Gasteiger partial charge on any atom is -0.481 e. The van der Waals surface area contributed by atoms with E-state index in [4.69, 9.17) is 10.2 Å². The van der Waals surface area contributed by atoms with Gasteiger partial charge in [0.25, 0.3) is 5.69 Å². The van der Waals surface area contributed by atoms with Crippen LogP contribution in [-0.2, 0) is 4.79 Å². The van der Waals surface area contributed by atoms with Crippen LogP contribution in [-0.4, -0.2) is 27.1 Å². The third-order valence-electron chi connectivity index (χ3n) is 1.98. The molecule has 0 aliphatic rings. The number of rotatable bonds is 3. The second-order valence-electron chi connectivity index (χ2n) is 3.28. The molecule has 0 heterocycles. The topological polar surface area (TPSA) is 118 Å². The van der Waals surface area contributed by atoms with E-state index < -0.39 is 45.9 Å². The zero-order valence-electron chi connectivity index (χ0n) is 9.21. The fourth-order valence-corrected chi connectivity index (χ4v) is 1.20. The molecule has 0 unspecified atom stereocenters. The predicted molar refractivity (Wildman–Crippen MR) is 59.1 cm³/mol. The maximum absolute atomic E-state index is 13.4. The summed E-state index contributed by atoms with van der Waals surface area (Å²) in [6, 6.07) is 1.14. The molecule has 98 valence electrons. The first-order valence-electron chi connectivity index (χ1n) is 4.75. The third kappa shape index (κ3) is 3.50. The molecule has 0 saturated carbocycles. The van der Waals surface area contributed by atoms with Gasteiger partial charge in [0.05, 0.1) is 10.5 Å². The number of hydrogen-bond acceptors (Lipinski definition) is 4. The molecule has 1 rings (SSSR count). The molecule has 0 aromatic heterocycles. The molecule has 2 N–H and O–H groups in total. The highest BCUT2D eigenvalue weighted by Gasteiger charge is 2.22. The van der Waals surface area contributed by atoms with Crippen LogP contribution in [0.15, 0.2) is 12.1 Å². The third-order valence-corrected chi connectivity index (χ3v) is 1.98. The Morgan fingerprint density at radius 3 is 2.47 bits per heavy atom. The lowest BCUT2D eigenvalue weighted by Gasteiger charge is -2.00. The Kier molecular flexibility index (Phi) is 4.15. The molecule has 0 aliphatic carbocycles. The molecule has 1 aromatic carbocycles. The summed E-state index contributed by atoms with van der Waals surface area (Å²) >= 11 is 0. The highest BCUT2D eigenvalue weighted by molar-refractivity contribution is 5.92. The van der Waals surface area contributed by atoms with Crippen LogP contribution < -0.4 is 0 Å². The summed E-state index contributed by atoms with van der Waals surface area (Å²) in [5.41, 5.74) is -2.04. The molecule has 0 radical (unpaired) electrons. The summed E-state index contributed by atoms with van der Waals surface area (Å²) in [5.74, 6) is 0.256. The van der Waals surface area contributed by atoms with Gasteiger partial charge in [0, 0.05) is 6.07 Å². The zero-order chi connectivity index (χ0) is 14.6. The van der Waals surface area contributed by atoms with Gasteiger partial charge in [-0.3, -0.25) is 14.9 Å². The number of nitrogens with zero attached hydrogens (tertiary/aromatic N) is 1. The molecule has 0 aliphatic heterocycles. The quantitative estimate of drug-likeness (QED) is 0.483. The van der Waals surface area contributed by atoms with Crippen LogP contribution >= 0.6 is 0 Å². The van der Waals surface area contributed by atoms with Gasteiger partial charge in [-0.25, -0.2) is 9.18 Å². The largest absolute Gasteiger partial charge is 0.481 e. The van der Waals surface area contributed by atoms with Crippen LogP contribution in [0.2, 0.25) is 0 Å². The Morgan fingerprint density at radius 2 is 2.00 bits per heavy atom. The molecule has 0 fully saturated rings. The average molecular weight is 267 g/mol. The maximum Gasteiger partial charge on any atom is 0.342 e. The van der Waals surface area contributed by atoms with E-state index in [0.29, 0.717) is 12.1 Å². The molecular weight excluding hydrogens is 261 g/mol. The number of nitro benzene ring substituents is 1. The van der Waals surface area contributed by atoms with Crippen molar-refractivity contribution in [3.05, 3.63) is 39.2 Å². The van der Waals surface area contributed by atoms with Crippen LogP contribution in [0, 0.1) is 27.8 Å². The van der Waals surface area contributed by atoms with E-state index in [1.165, 1.54) is 0 Å². The first kappa shape index (κ1) is 14.1. The fourth-order valence-electron chi connectivity index (χ4n) is 1.20. The van der Waals surface area contributed by atoms with Crippen molar-refractivity contribution in [2.24, 2.45) is 0 Å². The number of aromatic carboxylic acids is 1. The fraction of sp³-hybridized carbons (Fsp3) is 0.0909. The molecule has 8 heteroatoms. The standard InChI is InChI=1S/C11H6FNO6/c12-8-5-7(11(16)17)9(13(18)19)4-6(8)2-1-3-10(14)15/h4-5H,3H2,(H,14,15)(H,16,17). The van der Waals surface area contributed by atoms with Crippen molar-refractivity contribution < 1.29 is 29.1 Å². The van der Waals surface area contributed by atoms with Gasteiger partial charge in [-0.05, 0) is 6.07 Å². The van der Waals surface area contributed by atoms with E-state index in [9.17, 15) is 24.1 Å². The van der Waals surface area contributed by atoms with Crippen LogP contribution in [0.5, 0.6) is 0 Å². The van der Waals surface area contributed by atoms with Gasteiger partial charge in [-0.15, -0.1) is 0 Å². The van der Waals surface area contributed by atoms with E-state index in [1.54, 1.807) is 0 Å². The minimum absolute atomic E-state index is 0.432. The summed E-state index contributed by atoms with van der Waals surface area (Å²) in [6.07, 6.45) is -0.562. The average Bonchev–Trinajstić information content (AvgIpc) is 2.29. The smallest absolute Gasteiger partial charge is 0.342 e. The highest BCUT2D eigenvalue weighted by Crippen LogP contribution is 2.22. The van der Waals surface area contributed by atoms with Crippen LogP contribution in [0.3, 0.4) is 0 Å². The monoisotopic (exact) mass is 267 g/mol. The molecule has 0 amide bonds. The van der Waals surface area contributed by atoms with Crippen LogP contribution in [0.4, 0.5) is 10.1 Å². The predicted octanol–water partition coefficient (Wildman–Crippen LogP) is 1.26. The van der Waals surface area contributed by atoms with Gasteiger partial charge < -0.3 is 10.2 Å². The van der Waals surface area contributed by atoms with Crippen molar-refractivity contribution in [1.82, 2.24) is 0 Å². The SMILES string of the molecule is O=C(O)CC#Cc1cc([N+](=O)[O-])c(C(=O)O)cc1F. The second kappa shape index (κ2) is 5.59. The molecule has 0 spiro atoms. The van der Waals surface area contributed by atoms with Gasteiger partial charge in [0.15, 0.2) is 0 Å². The molecule has 0 bridgehead atoms.